The predicted molar refractivity (Wildman–Crippen MR) is 108 cm³/mol. The number of carbonyl (C=O) groups excluding carboxylic acids is 2. The maximum absolute atomic E-state index is 13.7. The molecule has 1 fully saturated rings. The van der Waals surface area contributed by atoms with Crippen LogP contribution in [-0.4, -0.2) is 45.6 Å². The van der Waals surface area contributed by atoms with Crippen LogP contribution in [0.5, 0.6) is 0 Å². The zero-order valence-electron chi connectivity index (χ0n) is 16.5. The van der Waals surface area contributed by atoms with Gasteiger partial charge in [0.15, 0.2) is 0 Å². The summed E-state index contributed by atoms with van der Waals surface area (Å²) in [4.78, 5) is 27.0. The van der Waals surface area contributed by atoms with Crippen molar-refractivity contribution in [3.63, 3.8) is 0 Å². The van der Waals surface area contributed by atoms with Crippen LogP contribution in [0.4, 0.5) is 13.6 Å². The Bertz CT molecular complexity index is 831. The molecule has 3 atom stereocenters. The number of benzene rings is 1. The summed E-state index contributed by atoms with van der Waals surface area (Å²) < 4.78 is 32.6. The molecule has 2 amide bonds. The van der Waals surface area contributed by atoms with E-state index in [9.17, 15) is 18.4 Å². The Kier molecular flexibility index (Phi) is 6.31. The van der Waals surface area contributed by atoms with Crippen molar-refractivity contribution in [3.05, 3.63) is 59.7 Å². The zero-order valence-corrected chi connectivity index (χ0v) is 17.3. The number of ether oxygens (including phenoxy) is 1. The Morgan fingerprint density at radius 2 is 1.86 bits per heavy atom. The number of carbonyl (C=O) groups is 2. The number of allylic oxidation sites excluding steroid dienone is 2. The van der Waals surface area contributed by atoms with Crippen molar-refractivity contribution in [1.29, 1.82) is 0 Å². The molecule has 156 valence electrons. The van der Waals surface area contributed by atoms with Gasteiger partial charge in [0.1, 0.15) is 23.3 Å². The molecule has 0 spiro atoms. The van der Waals surface area contributed by atoms with Crippen LogP contribution in [0.1, 0.15) is 26.3 Å². The maximum Gasteiger partial charge on any atom is 0.408 e. The fourth-order valence-electron chi connectivity index (χ4n) is 3.27. The molecule has 1 aliphatic heterocycles. The summed E-state index contributed by atoms with van der Waals surface area (Å²) in [7, 11) is 0. The fourth-order valence-corrected chi connectivity index (χ4v) is 4.55. The molecule has 2 aliphatic rings. The van der Waals surface area contributed by atoms with Crippen molar-refractivity contribution in [3.8, 4) is 0 Å². The molecule has 3 unspecified atom stereocenters. The molecule has 3 rings (SSSR count). The molecular formula is C21H24F2N2O3S. The molecule has 5 nitrogen and oxygen atoms in total. The first kappa shape index (κ1) is 21.4. The number of hydrogen-bond donors (Lipinski definition) is 1. The van der Waals surface area contributed by atoms with Crippen LogP contribution in [0.15, 0.2) is 42.5 Å². The van der Waals surface area contributed by atoms with Crippen LogP contribution in [0.25, 0.3) is 0 Å². The van der Waals surface area contributed by atoms with Gasteiger partial charge in [0, 0.05) is 23.6 Å². The molecule has 29 heavy (non-hydrogen) atoms. The van der Waals surface area contributed by atoms with E-state index in [1.807, 2.05) is 24.3 Å². The predicted octanol–water partition coefficient (Wildman–Crippen LogP) is 3.80. The second kappa shape index (κ2) is 8.57. The number of amides is 2. The second-order valence-electron chi connectivity index (χ2n) is 8.00. The van der Waals surface area contributed by atoms with Gasteiger partial charge in [-0.1, -0.05) is 24.3 Å². The van der Waals surface area contributed by atoms with Gasteiger partial charge in [-0.25, -0.2) is 13.6 Å². The van der Waals surface area contributed by atoms with Gasteiger partial charge in [-0.2, -0.15) is 0 Å². The lowest BCUT2D eigenvalue weighted by molar-refractivity contribution is -0.134. The Morgan fingerprint density at radius 3 is 2.52 bits per heavy atom. The van der Waals surface area contributed by atoms with Crippen molar-refractivity contribution in [2.75, 3.05) is 5.75 Å². The molecule has 1 heterocycles. The number of fused-ring (bicyclic) bond motifs is 1. The van der Waals surface area contributed by atoms with E-state index in [2.05, 4.69) is 5.32 Å². The smallest absolute Gasteiger partial charge is 0.408 e. The number of nitrogens with one attached hydrogen (secondary N) is 1. The third-order valence-corrected chi connectivity index (χ3v) is 5.77. The Morgan fingerprint density at radius 1 is 1.21 bits per heavy atom. The highest BCUT2D eigenvalue weighted by atomic mass is 32.2. The first-order valence-corrected chi connectivity index (χ1v) is 10.4. The molecule has 0 saturated carbocycles. The van der Waals surface area contributed by atoms with Crippen LogP contribution >= 0.6 is 11.8 Å². The summed E-state index contributed by atoms with van der Waals surface area (Å²) >= 11 is 1.54. The van der Waals surface area contributed by atoms with E-state index in [1.54, 1.807) is 37.4 Å². The summed E-state index contributed by atoms with van der Waals surface area (Å²) in [6.45, 7) is 5.25. The van der Waals surface area contributed by atoms with E-state index in [0.717, 1.165) is 6.07 Å². The van der Waals surface area contributed by atoms with E-state index in [-0.39, 0.29) is 23.7 Å². The van der Waals surface area contributed by atoms with Crippen LogP contribution < -0.4 is 5.32 Å². The second-order valence-corrected chi connectivity index (χ2v) is 9.21. The van der Waals surface area contributed by atoms with Gasteiger partial charge in [-0.3, -0.25) is 4.79 Å². The number of nitrogens with zero attached hydrogens (tertiary/aromatic N) is 1. The van der Waals surface area contributed by atoms with Gasteiger partial charge < -0.3 is 15.0 Å². The van der Waals surface area contributed by atoms with Gasteiger partial charge in [0.2, 0.25) is 5.91 Å². The first-order valence-electron chi connectivity index (χ1n) is 9.34. The quantitative estimate of drug-likeness (QED) is 0.805. The summed E-state index contributed by atoms with van der Waals surface area (Å²) in [6.07, 6.45) is 6.94. The highest BCUT2D eigenvalue weighted by Gasteiger charge is 2.38. The van der Waals surface area contributed by atoms with Crippen molar-refractivity contribution >= 4 is 23.8 Å². The van der Waals surface area contributed by atoms with Gasteiger partial charge in [0.05, 0.1) is 6.04 Å². The molecule has 0 bridgehead atoms. The molecule has 1 aromatic rings. The molecule has 1 saturated heterocycles. The Balaban J connectivity index is 1.85. The largest absolute Gasteiger partial charge is 0.444 e. The van der Waals surface area contributed by atoms with Crippen LogP contribution in [0, 0.1) is 11.6 Å². The Labute approximate surface area is 173 Å². The number of rotatable bonds is 3. The SMILES string of the molecule is CC(C)(C)OC(=O)NC1CSC2C=CC=CC2N(Cc2cc(F)cc(F)c2)C1=O. The average Bonchev–Trinajstić information content (AvgIpc) is 2.72. The highest BCUT2D eigenvalue weighted by molar-refractivity contribution is 8.00. The lowest BCUT2D eigenvalue weighted by Crippen LogP contribution is -2.52. The first-order chi connectivity index (χ1) is 13.6. The third-order valence-electron chi connectivity index (χ3n) is 4.42. The minimum Gasteiger partial charge on any atom is -0.444 e. The topological polar surface area (TPSA) is 58.6 Å². The van der Waals surface area contributed by atoms with Gasteiger partial charge in [-0.15, -0.1) is 11.8 Å². The van der Waals surface area contributed by atoms with Crippen LogP contribution in [0.3, 0.4) is 0 Å². The number of alkyl carbamates (subject to hydrolysis) is 1. The molecule has 0 aromatic heterocycles. The standard InChI is InChI=1S/C21H24F2N2O3S/c1-21(2,3)28-20(27)24-16-12-29-18-7-5-4-6-17(18)25(19(16)26)11-13-8-14(22)10-15(23)9-13/h4-10,16-18H,11-12H2,1-3H3,(H,24,27). The molecule has 1 N–H and O–H groups in total. The lowest BCUT2D eigenvalue weighted by Gasteiger charge is -2.33. The van der Waals surface area contributed by atoms with Crippen molar-refractivity contribution in [2.45, 2.75) is 50.3 Å². The molecule has 1 aromatic carbocycles. The van der Waals surface area contributed by atoms with Crippen LogP contribution in [0.2, 0.25) is 0 Å². The summed E-state index contributed by atoms with van der Waals surface area (Å²) in [5.74, 6) is -1.35. The summed E-state index contributed by atoms with van der Waals surface area (Å²) in [5, 5.41) is 2.62. The molecule has 8 heteroatoms. The van der Waals surface area contributed by atoms with Gasteiger partial charge in [0.25, 0.3) is 0 Å². The third kappa shape index (κ3) is 5.59. The highest BCUT2D eigenvalue weighted by Crippen LogP contribution is 2.30. The van der Waals surface area contributed by atoms with E-state index in [4.69, 9.17) is 4.74 Å². The van der Waals surface area contributed by atoms with Gasteiger partial charge in [-0.05, 0) is 38.5 Å². The maximum atomic E-state index is 13.7. The normalized spacial score (nSPS) is 24.1. The van der Waals surface area contributed by atoms with E-state index in [0.29, 0.717) is 11.3 Å². The summed E-state index contributed by atoms with van der Waals surface area (Å²) in [5.41, 5.74) is -0.344. The van der Waals surface area contributed by atoms with Gasteiger partial charge >= 0.3 is 6.09 Å². The lowest BCUT2D eigenvalue weighted by atomic mass is 10.0. The minimum atomic E-state index is -0.805. The zero-order chi connectivity index (χ0) is 21.2. The van der Waals surface area contributed by atoms with Crippen molar-refractivity contribution in [1.82, 2.24) is 10.2 Å². The van der Waals surface area contributed by atoms with Crippen molar-refractivity contribution in [2.24, 2.45) is 0 Å². The minimum absolute atomic E-state index is 0.0206. The molecular weight excluding hydrogens is 398 g/mol. The van der Waals surface area contributed by atoms with Crippen molar-refractivity contribution < 1.29 is 23.1 Å². The van der Waals surface area contributed by atoms with Crippen LogP contribution in [-0.2, 0) is 16.1 Å². The van der Waals surface area contributed by atoms with E-state index < -0.39 is 29.4 Å². The number of thioether (sulfide) groups is 1. The Hall–Kier alpha value is -2.35. The molecule has 1 aliphatic carbocycles. The summed E-state index contributed by atoms with van der Waals surface area (Å²) in [6, 6.07) is 2.13. The monoisotopic (exact) mass is 422 g/mol. The molecule has 0 radical (unpaired) electrons. The fraction of sp³-hybridized carbons (Fsp3) is 0.429. The number of hydrogen-bond acceptors (Lipinski definition) is 4. The average molecular weight is 422 g/mol. The number of halogens is 2. The van der Waals surface area contributed by atoms with E-state index in [1.165, 1.54) is 12.1 Å². The van der Waals surface area contributed by atoms with E-state index >= 15 is 0 Å².